The van der Waals surface area contributed by atoms with Gasteiger partial charge in [-0.05, 0) is 43.2 Å². The van der Waals surface area contributed by atoms with Crippen molar-refractivity contribution in [2.45, 2.75) is 19.3 Å². The monoisotopic (exact) mass is 602 g/mol. The van der Waals surface area contributed by atoms with E-state index in [1.54, 1.807) is 6.07 Å². The zero-order valence-corrected chi connectivity index (χ0v) is 24.2. The number of ether oxygens (including phenoxy) is 1. The summed E-state index contributed by atoms with van der Waals surface area (Å²) < 4.78 is 5.03. The van der Waals surface area contributed by atoms with Crippen LogP contribution in [0.4, 0.5) is 0 Å². The molecule has 0 atom stereocenters. The fourth-order valence-electron chi connectivity index (χ4n) is 4.10. The van der Waals surface area contributed by atoms with Crippen molar-refractivity contribution in [3.05, 3.63) is 102 Å². The van der Waals surface area contributed by atoms with Crippen molar-refractivity contribution >= 4 is 59.5 Å². The van der Waals surface area contributed by atoms with E-state index < -0.39 is 43.6 Å². The lowest BCUT2D eigenvalue weighted by molar-refractivity contribution is -0.196. The first-order valence-corrected chi connectivity index (χ1v) is 14.4. The lowest BCUT2D eigenvalue weighted by atomic mass is 10.1. The number of carbonyl (C=O) groups excluding carboxylic acids is 6. The Morgan fingerprint density at radius 3 is 1.93 bits per heavy atom. The van der Waals surface area contributed by atoms with Gasteiger partial charge in [-0.25, -0.2) is 14.4 Å². The third-order valence-electron chi connectivity index (χ3n) is 6.21. The van der Waals surface area contributed by atoms with Crippen LogP contribution in [0.1, 0.15) is 40.0 Å². The van der Waals surface area contributed by atoms with E-state index in [1.807, 2.05) is 60.7 Å². The van der Waals surface area contributed by atoms with E-state index in [4.69, 9.17) is 14.4 Å². The van der Waals surface area contributed by atoms with E-state index >= 15 is 0 Å². The van der Waals surface area contributed by atoms with Crippen LogP contribution in [0.5, 0.6) is 0 Å². The van der Waals surface area contributed by atoms with E-state index in [-0.39, 0.29) is 24.8 Å². The minimum absolute atomic E-state index is 0.0135. The van der Waals surface area contributed by atoms with Gasteiger partial charge in [0.2, 0.25) is 0 Å². The summed E-state index contributed by atoms with van der Waals surface area (Å²) in [6.07, 6.45) is 1.52. The average molecular weight is 603 g/mol. The molecule has 0 saturated heterocycles. The SMILES string of the molecule is COC(=O)c1ccc(C(=O)ON(C)C(=O)CCCC(=O)ON2C(=O)C=CC2=O)cc1P(c1ccccc1)c1ccccc1. The molecule has 0 N–H and O–H groups in total. The largest absolute Gasteiger partial charge is 0.465 e. The molecule has 4 rings (SSSR count). The summed E-state index contributed by atoms with van der Waals surface area (Å²) in [7, 11) is 1.26. The molecule has 11 nitrogen and oxygen atoms in total. The smallest absolute Gasteiger partial charge is 0.363 e. The number of nitrogens with zero attached hydrogens (tertiary/aromatic N) is 2. The van der Waals surface area contributed by atoms with Crippen molar-refractivity contribution in [1.82, 2.24) is 10.1 Å². The summed E-state index contributed by atoms with van der Waals surface area (Å²) in [6, 6.07) is 23.6. The minimum Gasteiger partial charge on any atom is -0.465 e. The topological polar surface area (TPSA) is 137 Å². The molecule has 3 aromatic rings. The minimum atomic E-state index is -1.29. The predicted octanol–water partition coefficient (Wildman–Crippen LogP) is 2.32. The number of hydrogen-bond donors (Lipinski definition) is 0. The van der Waals surface area contributed by atoms with E-state index in [2.05, 4.69) is 0 Å². The van der Waals surface area contributed by atoms with Gasteiger partial charge < -0.3 is 14.4 Å². The zero-order valence-electron chi connectivity index (χ0n) is 23.3. The fourth-order valence-corrected chi connectivity index (χ4v) is 6.57. The van der Waals surface area contributed by atoms with Gasteiger partial charge >= 0.3 is 17.9 Å². The van der Waals surface area contributed by atoms with Crippen LogP contribution in [0.15, 0.2) is 91.0 Å². The first-order valence-electron chi connectivity index (χ1n) is 13.1. The van der Waals surface area contributed by atoms with Crippen molar-refractivity contribution in [2.75, 3.05) is 14.2 Å². The second-order valence-corrected chi connectivity index (χ2v) is 11.3. The van der Waals surface area contributed by atoms with Gasteiger partial charge in [0.1, 0.15) is 0 Å². The van der Waals surface area contributed by atoms with Gasteiger partial charge in [-0.2, -0.15) is 5.06 Å². The number of amides is 3. The first kappa shape index (κ1) is 30.8. The molecular weight excluding hydrogens is 575 g/mol. The molecule has 0 bridgehead atoms. The summed E-state index contributed by atoms with van der Waals surface area (Å²) in [5, 5.41) is 3.56. The Labute approximate surface area is 248 Å². The zero-order chi connectivity index (χ0) is 30.9. The number of methoxy groups -OCH3 is 1. The lowest BCUT2D eigenvalue weighted by Crippen LogP contribution is -2.33. The van der Waals surface area contributed by atoms with Crippen LogP contribution in [0, 0.1) is 0 Å². The van der Waals surface area contributed by atoms with Crippen molar-refractivity contribution in [1.29, 1.82) is 0 Å². The molecule has 3 amide bonds. The first-order chi connectivity index (χ1) is 20.7. The van der Waals surface area contributed by atoms with Crippen LogP contribution in [-0.2, 0) is 33.6 Å². The predicted molar refractivity (Wildman–Crippen MR) is 156 cm³/mol. The summed E-state index contributed by atoms with van der Waals surface area (Å²) in [5.74, 6) is -4.41. The third-order valence-corrected chi connectivity index (χ3v) is 8.69. The summed E-state index contributed by atoms with van der Waals surface area (Å²) in [6.45, 7) is 0. The molecule has 0 aliphatic carbocycles. The van der Waals surface area contributed by atoms with Gasteiger partial charge in [-0.1, -0.05) is 65.7 Å². The highest BCUT2D eigenvalue weighted by Crippen LogP contribution is 2.34. The summed E-state index contributed by atoms with van der Waals surface area (Å²) in [4.78, 5) is 83.4. The van der Waals surface area contributed by atoms with E-state index in [9.17, 15) is 28.8 Å². The maximum Gasteiger partial charge on any atom is 0.363 e. The van der Waals surface area contributed by atoms with E-state index in [0.717, 1.165) is 27.8 Å². The summed E-state index contributed by atoms with van der Waals surface area (Å²) >= 11 is 0. The number of imide groups is 1. The van der Waals surface area contributed by atoms with Gasteiger partial charge in [-0.3, -0.25) is 14.4 Å². The summed E-state index contributed by atoms with van der Waals surface area (Å²) in [5.41, 5.74) is 0.404. The quantitative estimate of drug-likeness (QED) is 0.148. The highest BCUT2D eigenvalue weighted by Gasteiger charge is 2.28. The van der Waals surface area contributed by atoms with E-state index in [0.29, 0.717) is 15.9 Å². The van der Waals surface area contributed by atoms with Crippen LogP contribution >= 0.6 is 7.92 Å². The van der Waals surface area contributed by atoms with Gasteiger partial charge in [0, 0.05) is 37.3 Å². The molecular formula is C31H27N2O9P. The standard InChI is InChI=1S/C31H27N2O9P/c1-32(26(34)14-9-15-29(37)41-33-27(35)18-19-28(33)36)42-30(38)21-16-17-24(31(39)40-2)25(20-21)43(22-10-5-3-6-11-22)23-12-7-4-8-13-23/h3-8,10-13,16-20H,9,14-15H2,1-2H3. The molecule has 1 aliphatic heterocycles. The van der Waals surface area contributed by atoms with Crippen LogP contribution in [0.2, 0.25) is 0 Å². The van der Waals surface area contributed by atoms with Crippen LogP contribution in [0.25, 0.3) is 0 Å². The van der Waals surface area contributed by atoms with Gasteiger partial charge in [-0.15, -0.1) is 0 Å². The van der Waals surface area contributed by atoms with Crippen LogP contribution in [0.3, 0.4) is 0 Å². The highest BCUT2D eigenvalue weighted by atomic mass is 31.1. The van der Waals surface area contributed by atoms with Gasteiger partial charge in [0.05, 0.1) is 18.2 Å². The maximum atomic E-state index is 13.1. The molecule has 12 heteroatoms. The third kappa shape index (κ3) is 7.58. The average Bonchev–Trinajstić information content (AvgIpc) is 3.33. The van der Waals surface area contributed by atoms with Crippen molar-refractivity contribution < 1.29 is 43.2 Å². The second-order valence-electron chi connectivity index (χ2n) is 9.12. The van der Waals surface area contributed by atoms with Crippen molar-refractivity contribution in [3.8, 4) is 0 Å². The maximum absolute atomic E-state index is 13.1. The molecule has 0 radical (unpaired) electrons. The van der Waals surface area contributed by atoms with Gasteiger partial charge in [0.25, 0.3) is 17.7 Å². The molecule has 0 saturated carbocycles. The Morgan fingerprint density at radius 2 is 1.37 bits per heavy atom. The number of hydroxylamine groups is 4. The van der Waals surface area contributed by atoms with Crippen LogP contribution < -0.4 is 15.9 Å². The van der Waals surface area contributed by atoms with Crippen molar-refractivity contribution in [3.63, 3.8) is 0 Å². The number of benzene rings is 3. The fraction of sp³-hybridized carbons (Fsp3) is 0.161. The second kappa shape index (κ2) is 14.2. The lowest BCUT2D eigenvalue weighted by Gasteiger charge is -2.22. The molecule has 0 spiro atoms. The Kier molecular flexibility index (Phi) is 10.1. The molecule has 220 valence electrons. The molecule has 43 heavy (non-hydrogen) atoms. The number of hydrogen-bond acceptors (Lipinski definition) is 9. The molecule has 1 aliphatic rings. The van der Waals surface area contributed by atoms with Gasteiger partial charge in [0.15, 0.2) is 0 Å². The Hall–Kier alpha value is -5.15. The Balaban J connectivity index is 1.47. The number of carbonyl (C=O) groups is 6. The van der Waals surface area contributed by atoms with E-state index in [1.165, 1.54) is 26.3 Å². The highest BCUT2D eigenvalue weighted by molar-refractivity contribution is 7.80. The Morgan fingerprint density at radius 1 is 0.791 bits per heavy atom. The number of esters is 1. The molecule has 0 fully saturated rings. The molecule has 0 unspecified atom stereocenters. The van der Waals surface area contributed by atoms with Crippen molar-refractivity contribution in [2.24, 2.45) is 0 Å². The van der Waals surface area contributed by atoms with Crippen LogP contribution in [-0.4, -0.2) is 59.9 Å². The molecule has 0 aromatic heterocycles. The Bertz CT molecular complexity index is 1520. The molecule has 1 heterocycles. The molecule has 3 aromatic carbocycles. The number of rotatable bonds is 10. The normalized spacial score (nSPS) is 12.3.